The van der Waals surface area contributed by atoms with Gasteiger partial charge in [0.15, 0.2) is 5.65 Å². The Balaban J connectivity index is 1.45. The molecule has 0 fully saturated rings. The van der Waals surface area contributed by atoms with Crippen molar-refractivity contribution in [2.24, 2.45) is 0 Å². The average Bonchev–Trinajstić information content (AvgIpc) is 3.37. The maximum Gasteiger partial charge on any atom is 0.344 e. The summed E-state index contributed by atoms with van der Waals surface area (Å²) in [5, 5.41) is 9.66. The van der Waals surface area contributed by atoms with Crippen molar-refractivity contribution in [2.75, 3.05) is 13.2 Å². The summed E-state index contributed by atoms with van der Waals surface area (Å²) in [6.07, 6.45) is 2.97. The third-order valence-corrected chi connectivity index (χ3v) is 5.82. The Hall–Kier alpha value is -4.99. The molecule has 1 aliphatic rings. The largest absolute Gasteiger partial charge is 0.463 e. The van der Waals surface area contributed by atoms with Crippen LogP contribution in [0, 0.1) is 0 Å². The summed E-state index contributed by atoms with van der Waals surface area (Å²) in [5.74, 6) is -1.33. The third-order valence-electron chi connectivity index (χ3n) is 5.82. The van der Waals surface area contributed by atoms with E-state index in [-0.39, 0.29) is 30.0 Å². The molecular formula is C27H23N5O5. The number of benzene rings is 2. The number of fused-ring (bicyclic) bond motifs is 1. The molecule has 0 saturated carbocycles. The predicted molar refractivity (Wildman–Crippen MR) is 133 cm³/mol. The van der Waals surface area contributed by atoms with Crippen molar-refractivity contribution >= 4 is 23.6 Å². The molecule has 0 radical (unpaired) electrons. The van der Waals surface area contributed by atoms with E-state index < -0.39 is 24.0 Å². The molecule has 10 heteroatoms. The van der Waals surface area contributed by atoms with Crippen LogP contribution in [0.15, 0.2) is 90.4 Å². The van der Waals surface area contributed by atoms with Gasteiger partial charge in [-0.3, -0.25) is 0 Å². The molecule has 1 atom stereocenters. The van der Waals surface area contributed by atoms with Gasteiger partial charge in [0, 0.05) is 11.8 Å². The summed E-state index contributed by atoms with van der Waals surface area (Å²) < 4.78 is 12.3. The molecule has 186 valence electrons. The Bertz CT molecular complexity index is 1500. The highest BCUT2D eigenvalue weighted by molar-refractivity contribution is 5.97. The van der Waals surface area contributed by atoms with Gasteiger partial charge < -0.3 is 20.1 Å². The van der Waals surface area contributed by atoms with Crippen LogP contribution in [-0.2, 0) is 14.3 Å². The predicted octanol–water partition coefficient (Wildman–Crippen LogP) is 3.42. The first-order valence-corrected chi connectivity index (χ1v) is 11.6. The van der Waals surface area contributed by atoms with Gasteiger partial charge >= 0.3 is 18.0 Å². The summed E-state index contributed by atoms with van der Waals surface area (Å²) in [7, 11) is 0. The molecule has 1 aliphatic heterocycles. The standard InChI is InChI=1S/C27H23N5O5/c1-2-36-26(34)22-20(30-27(35)31-23(22)18-11-7-4-8-12-18)16-37-25(33)19-15-29-32-21(13-14-28-24(19)32)17-9-5-3-6-10-17/h3-15,23H,2,16H2,1H3,(H2,30,31,35). The minimum atomic E-state index is -0.769. The van der Waals surface area contributed by atoms with Crippen LogP contribution in [0.4, 0.5) is 4.79 Å². The molecule has 2 aromatic carbocycles. The summed E-state index contributed by atoms with van der Waals surface area (Å²) in [6.45, 7) is 1.47. The molecular weight excluding hydrogens is 474 g/mol. The van der Waals surface area contributed by atoms with Gasteiger partial charge in [0.1, 0.15) is 12.2 Å². The van der Waals surface area contributed by atoms with Crippen LogP contribution >= 0.6 is 0 Å². The molecule has 0 aliphatic carbocycles. The highest BCUT2D eigenvalue weighted by atomic mass is 16.5. The zero-order valence-corrected chi connectivity index (χ0v) is 19.9. The Kier molecular flexibility index (Phi) is 6.62. The molecule has 5 rings (SSSR count). The zero-order chi connectivity index (χ0) is 25.8. The van der Waals surface area contributed by atoms with E-state index in [9.17, 15) is 14.4 Å². The number of hydrogen-bond donors (Lipinski definition) is 2. The van der Waals surface area contributed by atoms with Crippen molar-refractivity contribution in [1.29, 1.82) is 0 Å². The number of nitrogens with one attached hydrogen (secondary N) is 2. The van der Waals surface area contributed by atoms with E-state index in [4.69, 9.17) is 9.47 Å². The van der Waals surface area contributed by atoms with E-state index in [1.807, 2.05) is 36.4 Å². The SMILES string of the molecule is CCOC(=O)C1=C(COC(=O)c2cnn3c(-c4ccccc4)ccnc23)NC(=O)NC1c1ccccc1. The Morgan fingerprint density at radius 2 is 1.70 bits per heavy atom. The van der Waals surface area contributed by atoms with Gasteiger partial charge in [-0.2, -0.15) is 5.10 Å². The Morgan fingerprint density at radius 1 is 0.973 bits per heavy atom. The number of hydrogen-bond acceptors (Lipinski definition) is 7. The van der Waals surface area contributed by atoms with E-state index in [1.54, 1.807) is 48.0 Å². The maximum absolute atomic E-state index is 13.1. The number of aromatic nitrogens is 3. The number of carbonyl (C=O) groups excluding carboxylic acids is 3. The Labute approximate surface area is 211 Å². The highest BCUT2D eigenvalue weighted by Gasteiger charge is 2.34. The lowest BCUT2D eigenvalue weighted by Crippen LogP contribution is -2.47. The Morgan fingerprint density at radius 3 is 2.43 bits per heavy atom. The van der Waals surface area contributed by atoms with Crippen LogP contribution < -0.4 is 10.6 Å². The first-order valence-electron chi connectivity index (χ1n) is 11.6. The van der Waals surface area contributed by atoms with Crippen molar-refractivity contribution in [3.63, 3.8) is 0 Å². The van der Waals surface area contributed by atoms with E-state index in [2.05, 4.69) is 20.7 Å². The van der Waals surface area contributed by atoms with Crippen molar-refractivity contribution in [2.45, 2.75) is 13.0 Å². The van der Waals surface area contributed by atoms with Gasteiger partial charge in [-0.05, 0) is 18.6 Å². The molecule has 37 heavy (non-hydrogen) atoms. The summed E-state index contributed by atoms with van der Waals surface area (Å²) in [5.41, 5.74) is 3.12. The average molecular weight is 498 g/mol. The highest BCUT2D eigenvalue weighted by Crippen LogP contribution is 2.28. The summed E-state index contributed by atoms with van der Waals surface area (Å²) in [6, 6.07) is 19.1. The number of nitrogens with zero attached hydrogens (tertiary/aromatic N) is 3. The second kappa shape index (κ2) is 10.3. The molecule has 3 heterocycles. The van der Waals surface area contributed by atoms with Crippen molar-refractivity contribution in [3.8, 4) is 11.3 Å². The van der Waals surface area contributed by atoms with Gasteiger partial charge in [-0.1, -0.05) is 60.7 Å². The molecule has 2 aromatic heterocycles. The topological polar surface area (TPSA) is 124 Å². The second-order valence-electron chi connectivity index (χ2n) is 8.12. The number of rotatable bonds is 7. The lowest BCUT2D eigenvalue weighted by Gasteiger charge is -2.29. The minimum Gasteiger partial charge on any atom is -0.463 e. The zero-order valence-electron chi connectivity index (χ0n) is 19.9. The minimum absolute atomic E-state index is 0.138. The number of ether oxygens (including phenoxy) is 2. The van der Waals surface area contributed by atoms with Gasteiger partial charge in [0.05, 0.1) is 35.8 Å². The fourth-order valence-corrected chi connectivity index (χ4v) is 4.16. The van der Waals surface area contributed by atoms with Crippen molar-refractivity contribution in [3.05, 3.63) is 102 Å². The number of esters is 2. The lowest BCUT2D eigenvalue weighted by atomic mass is 9.95. The molecule has 0 spiro atoms. The molecule has 4 aromatic rings. The van der Waals surface area contributed by atoms with Crippen LogP contribution in [0.25, 0.3) is 16.9 Å². The van der Waals surface area contributed by atoms with Gasteiger partial charge in [-0.25, -0.2) is 23.9 Å². The molecule has 2 amide bonds. The van der Waals surface area contributed by atoms with Crippen LogP contribution in [0.5, 0.6) is 0 Å². The molecule has 0 bridgehead atoms. The van der Waals surface area contributed by atoms with Gasteiger partial charge in [0.25, 0.3) is 0 Å². The van der Waals surface area contributed by atoms with Crippen LogP contribution in [0.1, 0.15) is 28.9 Å². The van der Waals surface area contributed by atoms with Crippen LogP contribution in [0.2, 0.25) is 0 Å². The molecule has 0 saturated heterocycles. The normalized spacial score (nSPS) is 15.2. The van der Waals surface area contributed by atoms with Crippen LogP contribution in [-0.4, -0.2) is 45.8 Å². The third kappa shape index (κ3) is 4.76. The van der Waals surface area contributed by atoms with E-state index in [0.29, 0.717) is 11.2 Å². The molecule has 2 N–H and O–H groups in total. The van der Waals surface area contributed by atoms with Gasteiger partial charge in [-0.15, -0.1) is 0 Å². The molecule has 1 unspecified atom stereocenters. The van der Waals surface area contributed by atoms with Crippen LogP contribution in [0.3, 0.4) is 0 Å². The van der Waals surface area contributed by atoms with E-state index in [0.717, 1.165) is 11.3 Å². The fraction of sp³-hybridized carbons (Fsp3) is 0.148. The summed E-state index contributed by atoms with van der Waals surface area (Å²) >= 11 is 0. The quantitative estimate of drug-likeness (QED) is 0.375. The van der Waals surface area contributed by atoms with Crippen molar-refractivity contribution in [1.82, 2.24) is 25.2 Å². The number of urea groups is 1. The number of amides is 2. The second-order valence-corrected chi connectivity index (χ2v) is 8.12. The monoisotopic (exact) mass is 497 g/mol. The maximum atomic E-state index is 13.1. The van der Waals surface area contributed by atoms with E-state index in [1.165, 1.54) is 6.20 Å². The fourth-order valence-electron chi connectivity index (χ4n) is 4.16. The summed E-state index contributed by atoms with van der Waals surface area (Å²) in [4.78, 5) is 42.7. The first-order chi connectivity index (χ1) is 18.1. The number of carbonyl (C=O) groups is 3. The van der Waals surface area contributed by atoms with Crippen molar-refractivity contribution < 1.29 is 23.9 Å². The van der Waals surface area contributed by atoms with Gasteiger partial charge in [0.2, 0.25) is 0 Å². The molecule has 10 nitrogen and oxygen atoms in total. The first kappa shape index (κ1) is 23.7. The lowest BCUT2D eigenvalue weighted by molar-refractivity contribution is -0.139. The van der Waals surface area contributed by atoms with E-state index >= 15 is 0 Å². The smallest absolute Gasteiger partial charge is 0.344 e.